The molecule has 0 aliphatic heterocycles. The Balaban J connectivity index is 2.24. The smallest absolute Gasteiger partial charge is 0.252 e. The number of hydrogen-bond donors (Lipinski definition) is 2. The Hall–Kier alpha value is -2.38. The lowest BCUT2D eigenvalue weighted by atomic mass is 10.1. The number of nitrogens with one attached hydrogen (secondary N) is 2. The molecular formula is C19H24N2O4S. The highest BCUT2D eigenvalue weighted by Gasteiger charge is 2.18. The van der Waals surface area contributed by atoms with Crippen LogP contribution in [0.4, 0.5) is 0 Å². The Morgan fingerprint density at radius 3 is 2.58 bits per heavy atom. The molecule has 0 saturated heterocycles. The number of carbonyl (C=O) groups is 1. The third-order valence-electron chi connectivity index (χ3n) is 4.05. The van der Waals surface area contributed by atoms with Crippen molar-refractivity contribution in [2.75, 3.05) is 13.7 Å². The van der Waals surface area contributed by atoms with Gasteiger partial charge in [-0.3, -0.25) is 4.79 Å². The topological polar surface area (TPSA) is 84.5 Å². The summed E-state index contributed by atoms with van der Waals surface area (Å²) in [6.07, 6.45) is 0. The minimum Gasteiger partial charge on any atom is -0.494 e. The second-order valence-electron chi connectivity index (χ2n) is 5.88. The summed E-state index contributed by atoms with van der Waals surface area (Å²) in [5.41, 5.74) is 1.93. The zero-order valence-electron chi connectivity index (χ0n) is 15.4. The fraction of sp³-hybridized carbons (Fsp3) is 0.316. The summed E-state index contributed by atoms with van der Waals surface area (Å²) < 4.78 is 31.7. The summed E-state index contributed by atoms with van der Waals surface area (Å²) in [4.78, 5) is 12.7. The summed E-state index contributed by atoms with van der Waals surface area (Å²) in [5.74, 6) is 0.411. The molecule has 0 aliphatic rings. The minimum absolute atomic E-state index is 0.0572. The molecular weight excluding hydrogens is 352 g/mol. The molecule has 0 spiro atoms. The Kier molecular flexibility index (Phi) is 6.39. The lowest BCUT2D eigenvalue weighted by Gasteiger charge is -2.17. The lowest BCUT2D eigenvalue weighted by molar-refractivity contribution is 0.0939. The molecule has 0 fully saturated rings. The van der Waals surface area contributed by atoms with Crippen LogP contribution in [-0.4, -0.2) is 28.0 Å². The molecule has 2 rings (SSSR count). The van der Waals surface area contributed by atoms with Crippen LogP contribution in [0.2, 0.25) is 0 Å². The van der Waals surface area contributed by atoms with Gasteiger partial charge in [-0.1, -0.05) is 18.2 Å². The molecule has 6 nitrogen and oxygen atoms in total. The van der Waals surface area contributed by atoms with Gasteiger partial charge in [-0.25, -0.2) is 13.1 Å². The fourth-order valence-electron chi connectivity index (χ4n) is 2.53. The first-order valence-electron chi connectivity index (χ1n) is 8.36. The van der Waals surface area contributed by atoms with Crippen LogP contribution < -0.4 is 14.8 Å². The van der Waals surface area contributed by atoms with Gasteiger partial charge in [-0.05, 0) is 63.2 Å². The minimum atomic E-state index is -3.61. The molecule has 1 atom stereocenters. The van der Waals surface area contributed by atoms with Gasteiger partial charge in [0.15, 0.2) is 0 Å². The summed E-state index contributed by atoms with van der Waals surface area (Å²) in [6, 6.07) is 11.7. The van der Waals surface area contributed by atoms with Crippen molar-refractivity contribution < 1.29 is 17.9 Å². The SMILES string of the molecule is CCOc1cccc(C(C)NC(=O)c2cc(S(=O)(=O)NC)ccc2C)c1. The van der Waals surface area contributed by atoms with Crippen LogP contribution in [0.5, 0.6) is 5.75 Å². The van der Waals surface area contributed by atoms with E-state index in [0.29, 0.717) is 17.7 Å². The zero-order chi connectivity index (χ0) is 19.3. The first-order valence-corrected chi connectivity index (χ1v) is 9.84. The van der Waals surface area contributed by atoms with Crippen LogP contribution in [0.15, 0.2) is 47.4 Å². The van der Waals surface area contributed by atoms with E-state index in [-0.39, 0.29) is 16.8 Å². The van der Waals surface area contributed by atoms with Crippen molar-refractivity contribution in [3.8, 4) is 5.75 Å². The molecule has 2 aromatic rings. The van der Waals surface area contributed by atoms with Crippen LogP contribution >= 0.6 is 0 Å². The Bertz CT molecular complexity index is 894. The highest BCUT2D eigenvalue weighted by Crippen LogP contribution is 2.21. The normalized spacial score (nSPS) is 12.5. The first-order chi connectivity index (χ1) is 12.3. The van der Waals surface area contributed by atoms with E-state index >= 15 is 0 Å². The Morgan fingerprint density at radius 1 is 1.19 bits per heavy atom. The van der Waals surface area contributed by atoms with Crippen molar-refractivity contribution in [3.63, 3.8) is 0 Å². The molecule has 26 heavy (non-hydrogen) atoms. The number of ether oxygens (including phenoxy) is 1. The molecule has 0 radical (unpaired) electrons. The lowest BCUT2D eigenvalue weighted by Crippen LogP contribution is -2.28. The monoisotopic (exact) mass is 376 g/mol. The first kappa shape index (κ1) is 19.9. The van der Waals surface area contributed by atoms with Crippen molar-refractivity contribution in [1.82, 2.24) is 10.0 Å². The highest BCUT2D eigenvalue weighted by molar-refractivity contribution is 7.89. The van der Waals surface area contributed by atoms with Crippen LogP contribution in [-0.2, 0) is 10.0 Å². The molecule has 0 aliphatic carbocycles. The van der Waals surface area contributed by atoms with E-state index < -0.39 is 10.0 Å². The van der Waals surface area contributed by atoms with Gasteiger partial charge in [0.1, 0.15) is 5.75 Å². The van der Waals surface area contributed by atoms with Crippen molar-refractivity contribution >= 4 is 15.9 Å². The molecule has 7 heteroatoms. The quantitative estimate of drug-likeness (QED) is 0.778. The van der Waals surface area contributed by atoms with Crippen molar-refractivity contribution in [3.05, 3.63) is 59.2 Å². The van der Waals surface area contributed by atoms with E-state index in [9.17, 15) is 13.2 Å². The summed E-state index contributed by atoms with van der Waals surface area (Å²) in [5, 5.41) is 2.91. The Morgan fingerprint density at radius 2 is 1.92 bits per heavy atom. The standard InChI is InChI=1S/C19H24N2O4S/c1-5-25-16-8-6-7-15(11-16)14(3)21-19(22)18-12-17(10-9-13(18)2)26(23,24)20-4/h6-12,14,20H,5H2,1-4H3,(H,21,22). The molecule has 1 unspecified atom stereocenters. The van der Waals surface area contributed by atoms with Crippen LogP contribution in [0.3, 0.4) is 0 Å². The molecule has 0 bridgehead atoms. The second-order valence-corrected chi connectivity index (χ2v) is 7.77. The third-order valence-corrected chi connectivity index (χ3v) is 5.46. The zero-order valence-corrected chi connectivity index (χ0v) is 16.2. The third kappa shape index (κ3) is 4.62. The van der Waals surface area contributed by atoms with Crippen LogP contribution in [0.25, 0.3) is 0 Å². The van der Waals surface area contributed by atoms with Crippen LogP contribution in [0, 0.1) is 6.92 Å². The van der Waals surface area contributed by atoms with Gasteiger partial charge in [0.05, 0.1) is 17.5 Å². The molecule has 0 heterocycles. The van der Waals surface area contributed by atoms with E-state index in [0.717, 1.165) is 11.3 Å². The molecule has 0 aromatic heterocycles. The van der Waals surface area contributed by atoms with E-state index in [4.69, 9.17) is 4.74 Å². The van der Waals surface area contributed by atoms with E-state index in [1.165, 1.54) is 19.2 Å². The van der Waals surface area contributed by atoms with Crippen molar-refractivity contribution in [1.29, 1.82) is 0 Å². The summed E-state index contributed by atoms with van der Waals surface area (Å²) in [6.45, 7) is 6.11. The van der Waals surface area contributed by atoms with Gasteiger partial charge < -0.3 is 10.1 Å². The van der Waals surface area contributed by atoms with E-state index in [1.54, 1.807) is 13.0 Å². The average Bonchev–Trinajstić information content (AvgIpc) is 2.62. The predicted molar refractivity (Wildman–Crippen MR) is 101 cm³/mol. The van der Waals surface area contributed by atoms with Gasteiger partial charge in [0.2, 0.25) is 10.0 Å². The second kappa shape index (κ2) is 8.33. The van der Waals surface area contributed by atoms with Gasteiger partial charge in [0, 0.05) is 5.56 Å². The number of amides is 1. The van der Waals surface area contributed by atoms with Gasteiger partial charge in [-0.15, -0.1) is 0 Å². The summed E-state index contributed by atoms with van der Waals surface area (Å²) in [7, 11) is -2.27. The largest absolute Gasteiger partial charge is 0.494 e. The van der Waals surface area contributed by atoms with Gasteiger partial charge >= 0.3 is 0 Å². The fourth-order valence-corrected chi connectivity index (χ4v) is 3.28. The molecule has 1 amide bonds. The number of rotatable bonds is 7. The molecule has 2 N–H and O–H groups in total. The number of benzene rings is 2. The number of aryl methyl sites for hydroxylation is 1. The maximum Gasteiger partial charge on any atom is 0.252 e. The molecule has 2 aromatic carbocycles. The van der Waals surface area contributed by atoms with E-state index in [1.807, 2.05) is 38.1 Å². The number of sulfonamides is 1. The molecule has 0 saturated carbocycles. The van der Waals surface area contributed by atoms with E-state index in [2.05, 4.69) is 10.0 Å². The van der Waals surface area contributed by atoms with Gasteiger partial charge in [-0.2, -0.15) is 0 Å². The Labute approximate surface area is 154 Å². The van der Waals surface area contributed by atoms with Gasteiger partial charge in [0.25, 0.3) is 5.91 Å². The molecule has 140 valence electrons. The van der Waals surface area contributed by atoms with Crippen molar-refractivity contribution in [2.45, 2.75) is 31.7 Å². The number of carbonyl (C=O) groups excluding carboxylic acids is 1. The van der Waals surface area contributed by atoms with Crippen molar-refractivity contribution in [2.24, 2.45) is 0 Å². The highest BCUT2D eigenvalue weighted by atomic mass is 32.2. The number of hydrogen-bond acceptors (Lipinski definition) is 4. The maximum atomic E-state index is 12.7. The van der Waals surface area contributed by atoms with Crippen LogP contribution in [0.1, 0.15) is 41.4 Å². The average molecular weight is 376 g/mol. The summed E-state index contributed by atoms with van der Waals surface area (Å²) >= 11 is 0. The predicted octanol–water partition coefficient (Wildman–Crippen LogP) is 2.79. The maximum absolute atomic E-state index is 12.7.